The Labute approximate surface area is 192 Å². The van der Waals surface area contributed by atoms with Crippen LogP contribution in [0.25, 0.3) is 0 Å². The van der Waals surface area contributed by atoms with Gasteiger partial charge < -0.3 is 4.90 Å². The Hall–Kier alpha value is -1.56. The van der Waals surface area contributed by atoms with Crippen LogP contribution in [0.1, 0.15) is 16.7 Å². The number of halogens is 2. The zero-order valence-electron chi connectivity index (χ0n) is 16.4. The zero-order chi connectivity index (χ0) is 21.9. The van der Waals surface area contributed by atoms with E-state index >= 15 is 0 Å². The van der Waals surface area contributed by atoms with Crippen molar-refractivity contribution in [2.45, 2.75) is 24.8 Å². The Morgan fingerprint density at radius 1 is 1.23 bits per heavy atom. The number of nitro benzene ring substituents is 1. The molecule has 3 rings (SSSR count). The number of aryl methyl sites for hydroxylation is 1. The first kappa shape index (κ1) is 23.1. The average molecular weight is 562 g/mol. The number of alkyl halides is 2. The molecule has 2 heterocycles. The second-order valence-electron chi connectivity index (χ2n) is 6.96. The first-order chi connectivity index (χ1) is 14.3. The number of aromatic nitrogens is 1. The molecule has 0 N–H and O–H groups in total. The lowest BCUT2D eigenvalue weighted by Crippen LogP contribution is -2.38. The van der Waals surface area contributed by atoms with Crippen LogP contribution in [0, 0.1) is 17.0 Å². The van der Waals surface area contributed by atoms with E-state index in [1.165, 1.54) is 16.4 Å². The van der Waals surface area contributed by atoms with Gasteiger partial charge in [0.25, 0.3) is 5.69 Å². The van der Waals surface area contributed by atoms with Gasteiger partial charge in [0.2, 0.25) is 10.0 Å². The number of hydrogen-bond acceptors (Lipinski definition) is 6. The summed E-state index contributed by atoms with van der Waals surface area (Å²) in [5.41, 5.74) is 2.78. The number of nitrogens with zero attached hydrogens (tertiary/aromatic N) is 4. The van der Waals surface area contributed by atoms with E-state index in [1.54, 1.807) is 19.3 Å². The van der Waals surface area contributed by atoms with Gasteiger partial charge in [0.1, 0.15) is 4.90 Å². The highest BCUT2D eigenvalue weighted by atomic mass is 79.9. The van der Waals surface area contributed by atoms with E-state index in [4.69, 9.17) is 0 Å². The Kier molecular flexibility index (Phi) is 7.48. The molecule has 1 aromatic carbocycles. The maximum Gasteiger partial charge on any atom is 0.271 e. The van der Waals surface area contributed by atoms with Crippen LogP contribution >= 0.6 is 31.9 Å². The van der Waals surface area contributed by atoms with Crippen molar-refractivity contribution in [2.24, 2.45) is 0 Å². The lowest BCUT2D eigenvalue weighted by Gasteiger charge is -2.31. The Morgan fingerprint density at radius 3 is 2.57 bits per heavy atom. The van der Waals surface area contributed by atoms with E-state index in [1.807, 2.05) is 11.0 Å². The van der Waals surface area contributed by atoms with Crippen molar-refractivity contribution in [1.82, 2.24) is 9.29 Å². The fourth-order valence-electron chi connectivity index (χ4n) is 3.67. The predicted molar refractivity (Wildman–Crippen MR) is 123 cm³/mol. The molecule has 1 aliphatic rings. The number of nitro groups is 1. The first-order valence-electron chi connectivity index (χ1n) is 9.37. The summed E-state index contributed by atoms with van der Waals surface area (Å²) in [7, 11) is -3.96. The maximum atomic E-state index is 13.7. The summed E-state index contributed by atoms with van der Waals surface area (Å²) in [4.78, 5) is 16.9. The molecule has 0 saturated heterocycles. The highest BCUT2D eigenvalue weighted by molar-refractivity contribution is 9.09. The zero-order valence-corrected chi connectivity index (χ0v) is 20.4. The standard InChI is InChI=1S/C19H22Br2N4O4S/c1-14-10-17(25(26)27)11-18(19(14)23(8-4-20)9-5-21)30(28,29)24-7-3-15-12-22-6-2-16(15)13-24/h2,6,10-12H,3-5,7-9,13H2,1H3. The topological polar surface area (TPSA) is 96.6 Å². The van der Waals surface area contributed by atoms with Crippen molar-refractivity contribution in [1.29, 1.82) is 0 Å². The van der Waals surface area contributed by atoms with Crippen LogP contribution in [0.15, 0.2) is 35.5 Å². The first-order valence-corrected chi connectivity index (χ1v) is 13.1. The molecule has 0 fully saturated rings. The Morgan fingerprint density at radius 2 is 1.93 bits per heavy atom. The molecule has 0 unspecified atom stereocenters. The Balaban J connectivity index is 2.13. The lowest BCUT2D eigenvalue weighted by molar-refractivity contribution is -0.385. The monoisotopic (exact) mass is 560 g/mol. The van der Waals surface area contributed by atoms with E-state index < -0.39 is 14.9 Å². The molecule has 162 valence electrons. The summed E-state index contributed by atoms with van der Waals surface area (Å²) in [6, 6.07) is 4.44. The maximum absolute atomic E-state index is 13.7. The summed E-state index contributed by atoms with van der Waals surface area (Å²) in [6.07, 6.45) is 3.96. The molecular formula is C19H22Br2N4O4S. The fraction of sp³-hybridized carbons (Fsp3) is 0.421. The van der Waals surface area contributed by atoms with Gasteiger partial charge in [-0.3, -0.25) is 15.1 Å². The van der Waals surface area contributed by atoms with Gasteiger partial charge in [-0.05, 0) is 36.1 Å². The number of non-ortho nitro benzene ring substituents is 1. The minimum atomic E-state index is -3.96. The normalized spacial score (nSPS) is 14.4. The molecule has 11 heteroatoms. The SMILES string of the molecule is Cc1cc([N+](=O)[O-])cc(S(=O)(=O)N2CCc3cnccc3C2)c1N(CCBr)CCBr. The minimum Gasteiger partial charge on any atom is -0.369 e. The molecule has 8 nitrogen and oxygen atoms in total. The van der Waals surface area contributed by atoms with Gasteiger partial charge in [-0.15, -0.1) is 0 Å². The van der Waals surface area contributed by atoms with E-state index in [9.17, 15) is 18.5 Å². The summed E-state index contributed by atoms with van der Waals surface area (Å²) in [6.45, 7) is 3.38. The predicted octanol–water partition coefficient (Wildman–Crippen LogP) is 3.64. The van der Waals surface area contributed by atoms with Crippen LogP contribution in [-0.4, -0.2) is 52.9 Å². The molecule has 0 bridgehead atoms. The van der Waals surface area contributed by atoms with Crippen molar-refractivity contribution in [3.8, 4) is 0 Å². The van der Waals surface area contributed by atoms with Crippen molar-refractivity contribution in [2.75, 3.05) is 35.2 Å². The highest BCUT2D eigenvalue weighted by Gasteiger charge is 2.34. The average Bonchev–Trinajstić information content (AvgIpc) is 2.72. The van der Waals surface area contributed by atoms with Gasteiger partial charge >= 0.3 is 0 Å². The number of sulfonamides is 1. The van der Waals surface area contributed by atoms with E-state index in [-0.39, 0.29) is 17.1 Å². The van der Waals surface area contributed by atoms with Gasteiger partial charge in [-0.25, -0.2) is 8.42 Å². The second-order valence-corrected chi connectivity index (χ2v) is 10.5. The quantitative estimate of drug-likeness (QED) is 0.277. The molecule has 0 spiro atoms. The van der Waals surface area contributed by atoms with Crippen LogP contribution in [0.2, 0.25) is 0 Å². The molecular weight excluding hydrogens is 540 g/mol. The highest BCUT2D eigenvalue weighted by Crippen LogP contribution is 2.36. The Bertz CT molecular complexity index is 1040. The van der Waals surface area contributed by atoms with E-state index in [2.05, 4.69) is 36.8 Å². The number of rotatable bonds is 8. The van der Waals surface area contributed by atoms with Crippen molar-refractivity contribution in [3.63, 3.8) is 0 Å². The smallest absolute Gasteiger partial charge is 0.271 e. The van der Waals surface area contributed by atoms with Gasteiger partial charge in [0.05, 0.1) is 10.6 Å². The number of fused-ring (bicyclic) bond motifs is 1. The summed E-state index contributed by atoms with van der Waals surface area (Å²) >= 11 is 6.84. The summed E-state index contributed by atoms with van der Waals surface area (Å²) < 4.78 is 28.8. The molecule has 30 heavy (non-hydrogen) atoms. The van der Waals surface area contributed by atoms with Gasteiger partial charge in [0, 0.05) is 61.4 Å². The van der Waals surface area contributed by atoms with Crippen LogP contribution in [0.3, 0.4) is 0 Å². The van der Waals surface area contributed by atoms with Crippen LogP contribution in [0.5, 0.6) is 0 Å². The van der Waals surface area contributed by atoms with Crippen LogP contribution in [0.4, 0.5) is 11.4 Å². The molecule has 0 radical (unpaired) electrons. The lowest BCUT2D eigenvalue weighted by atomic mass is 10.0. The third kappa shape index (κ3) is 4.68. The number of benzene rings is 1. The molecule has 0 aliphatic carbocycles. The van der Waals surface area contributed by atoms with Crippen molar-refractivity contribution < 1.29 is 13.3 Å². The van der Waals surface area contributed by atoms with Crippen molar-refractivity contribution in [3.05, 3.63) is 57.4 Å². The van der Waals surface area contributed by atoms with Crippen molar-refractivity contribution >= 4 is 53.3 Å². The number of pyridine rings is 1. The number of hydrogen-bond donors (Lipinski definition) is 0. The van der Waals surface area contributed by atoms with Crippen LogP contribution < -0.4 is 4.90 Å². The fourth-order valence-corrected chi connectivity index (χ4v) is 6.25. The third-order valence-electron chi connectivity index (χ3n) is 5.09. The minimum absolute atomic E-state index is 0.0198. The molecule has 1 aromatic heterocycles. The van der Waals surface area contributed by atoms with Gasteiger partial charge in [-0.1, -0.05) is 31.9 Å². The molecule has 2 aromatic rings. The molecule has 1 aliphatic heterocycles. The molecule has 0 amide bonds. The van der Waals surface area contributed by atoms with E-state index in [0.717, 1.165) is 11.1 Å². The largest absolute Gasteiger partial charge is 0.369 e. The number of anilines is 1. The third-order valence-corrected chi connectivity index (χ3v) is 7.65. The van der Waals surface area contributed by atoms with Crippen LogP contribution in [-0.2, 0) is 23.0 Å². The summed E-state index contributed by atoms with van der Waals surface area (Å²) in [5, 5.41) is 12.7. The van der Waals surface area contributed by atoms with Gasteiger partial charge in [0.15, 0.2) is 0 Å². The van der Waals surface area contributed by atoms with E-state index in [0.29, 0.717) is 48.0 Å². The molecule has 0 saturated carbocycles. The second kappa shape index (κ2) is 9.71. The summed E-state index contributed by atoms with van der Waals surface area (Å²) in [5.74, 6) is 0. The molecule has 0 atom stereocenters. The van der Waals surface area contributed by atoms with Gasteiger partial charge in [-0.2, -0.15) is 4.31 Å².